The number of nitrogens with zero attached hydrogens (tertiary/aromatic N) is 1. The van der Waals surface area contributed by atoms with Gasteiger partial charge in [-0.25, -0.2) is 4.79 Å². The molecule has 0 bridgehead atoms. The van der Waals surface area contributed by atoms with Crippen LogP contribution in [0.25, 0.3) is 0 Å². The number of halogens is 1. The van der Waals surface area contributed by atoms with Gasteiger partial charge in [0.15, 0.2) is 6.10 Å². The monoisotopic (exact) mass is 343 g/mol. The highest BCUT2D eigenvalue weighted by molar-refractivity contribution is 9.10. The summed E-state index contributed by atoms with van der Waals surface area (Å²) in [4.78, 5) is 25.3. The number of carbonyl (C=O) groups excluding carboxylic acids is 2. The number of morpholine rings is 1. The van der Waals surface area contributed by atoms with Gasteiger partial charge in [-0.05, 0) is 34.1 Å². The summed E-state index contributed by atoms with van der Waals surface area (Å²) in [6, 6.07) is 4.59. The molecular weight excluding hydrogens is 330 g/mol. The first-order valence-corrected chi connectivity index (χ1v) is 6.79. The van der Waals surface area contributed by atoms with Gasteiger partial charge in [-0.3, -0.25) is 4.79 Å². The fourth-order valence-corrected chi connectivity index (χ4v) is 2.18. The van der Waals surface area contributed by atoms with Crippen LogP contribution in [0.2, 0.25) is 0 Å². The van der Waals surface area contributed by atoms with E-state index in [9.17, 15) is 14.7 Å². The number of benzene rings is 1. The summed E-state index contributed by atoms with van der Waals surface area (Å²) in [5.41, 5.74) is 0.358. The van der Waals surface area contributed by atoms with Gasteiger partial charge < -0.3 is 19.5 Å². The molecule has 0 spiro atoms. The average Bonchev–Trinajstić information content (AvgIpc) is 2.48. The van der Waals surface area contributed by atoms with Crippen molar-refractivity contribution in [3.63, 3.8) is 0 Å². The first kappa shape index (κ1) is 14.8. The maximum absolute atomic E-state index is 12.3. The van der Waals surface area contributed by atoms with Crippen molar-refractivity contribution in [1.82, 2.24) is 4.90 Å². The molecule has 0 saturated carbocycles. The van der Waals surface area contributed by atoms with Crippen molar-refractivity contribution in [3.8, 4) is 5.75 Å². The maximum atomic E-state index is 12.3. The molecule has 1 atom stereocenters. The third-order valence-corrected chi connectivity index (χ3v) is 3.68. The maximum Gasteiger partial charge on any atom is 0.336 e. The zero-order valence-corrected chi connectivity index (χ0v) is 12.4. The van der Waals surface area contributed by atoms with Crippen LogP contribution in [0.4, 0.5) is 0 Å². The number of esters is 1. The van der Waals surface area contributed by atoms with Crippen LogP contribution in [-0.4, -0.2) is 54.8 Å². The Kier molecular flexibility index (Phi) is 4.61. The number of hydrogen-bond donors (Lipinski definition) is 1. The number of aromatic hydroxyl groups is 1. The summed E-state index contributed by atoms with van der Waals surface area (Å²) in [6.45, 7) is 0.805. The van der Waals surface area contributed by atoms with Crippen molar-refractivity contribution < 1.29 is 24.2 Å². The Bertz CT molecular complexity index is 533. The molecule has 2 rings (SSSR count). The molecule has 1 amide bonds. The number of phenolic OH excluding ortho intramolecular Hbond substituents is 1. The van der Waals surface area contributed by atoms with Gasteiger partial charge in [0.1, 0.15) is 5.75 Å². The van der Waals surface area contributed by atoms with E-state index in [1.54, 1.807) is 12.1 Å². The second-order valence-corrected chi connectivity index (χ2v) is 5.15. The molecule has 1 aromatic carbocycles. The van der Waals surface area contributed by atoms with Crippen molar-refractivity contribution in [3.05, 3.63) is 28.2 Å². The number of hydrogen-bond acceptors (Lipinski definition) is 5. The molecule has 1 N–H and O–H groups in total. The van der Waals surface area contributed by atoms with E-state index in [2.05, 4.69) is 20.7 Å². The Hall–Kier alpha value is -1.60. The number of carbonyl (C=O) groups is 2. The van der Waals surface area contributed by atoms with Gasteiger partial charge in [-0.2, -0.15) is 0 Å². The Labute approximate surface area is 124 Å². The van der Waals surface area contributed by atoms with Gasteiger partial charge in [-0.1, -0.05) is 0 Å². The molecule has 108 valence electrons. The minimum Gasteiger partial charge on any atom is -0.507 e. The van der Waals surface area contributed by atoms with E-state index >= 15 is 0 Å². The lowest BCUT2D eigenvalue weighted by Crippen LogP contribution is -2.48. The molecule has 1 aliphatic rings. The van der Waals surface area contributed by atoms with E-state index in [4.69, 9.17) is 4.74 Å². The van der Waals surface area contributed by atoms with Crippen molar-refractivity contribution in [2.45, 2.75) is 6.10 Å². The molecule has 1 fully saturated rings. The van der Waals surface area contributed by atoms with E-state index in [1.165, 1.54) is 18.1 Å². The van der Waals surface area contributed by atoms with Crippen LogP contribution in [0.1, 0.15) is 10.4 Å². The predicted molar refractivity (Wildman–Crippen MR) is 73.5 cm³/mol. The van der Waals surface area contributed by atoms with Crippen LogP contribution in [0.15, 0.2) is 22.7 Å². The van der Waals surface area contributed by atoms with Gasteiger partial charge >= 0.3 is 5.97 Å². The molecular formula is C13H14BrNO5. The van der Waals surface area contributed by atoms with E-state index in [0.29, 0.717) is 16.6 Å². The average molecular weight is 344 g/mol. The minimum absolute atomic E-state index is 0.00590. The standard InChI is InChI=1S/C13H14BrNO5/c1-19-13(18)11-7-15(4-5-20-11)12(17)8-2-3-9(14)10(16)6-8/h2-3,6,11,16H,4-5,7H2,1H3. The number of ether oxygens (including phenoxy) is 2. The Morgan fingerprint density at radius 1 is 1.50 bits per heavy atom. The summed E-state index contributed by atoms with van der Waals surface area (Å²) in [6.07, 6.45) is -0.762. The molecule has 0 aromatic heterocycles. The van der Waals surface area contributed by atoms with Gasteiger partial charge in [0.05, 0.1) is 24.7 Å². The largest absolute Gasteiger partial charge is 0.507 e. The van der Waals surface area contributed by atoms with E-state index in [1.807, 2.05) is 0 Å². The van der Waals surface area contributed by atoms with E-state index in [0.717, 1.165) is 0 Å². The summed E-state index contributed by atoms with van der Waals surface area (Å²) in [7, 11) is 1.28. The van der Waals surface area contributed by atoms with Gasteiger partial charge in [0.25, 0.3) is 5.91 Å². The lowest BCUT2D eigenvalue weighted by atomic mass is 10.1. The topological polar surface area (TPSA) is 76.1 Å². The van der Waals surface area contributed by atoms with E-state index in [-0.39, 0.29) is 24.8 Å². The zero-order chi connectivity index (χ0) is 14.7. The fraction of sp³-hybridized carbons (Fsp3) is 0.385. The SMILES string of the molecule is COC(=O)C1CN(C(=O)c2ccc(Br)c(O)c2)CCO1. The molecule has 1 aliphatic heterocycles. The Morgan fingerprint density at radius 3 is 2.90 bits per heavy atom. The van der Waals surface area contributed by atoms with Crippen LogP contribution in [0.5, 0.6) is 5.75 Å². The molecule has 0 aliphatic carbocycles. The molecule has 6 nitrogen and oxygen atoms in total. The second-order valence-electron chi connectivity index (χ2n) is 4.30. The molecule has 1 saturated heterocycles. The third-order valence-electron chi connectivity index (χ3n) is 3.01. The highest BCUT2D eigenvalue weighted by Gasteiger charge is 2.30. The first-order chi connectivity index (χ1) is 9.52. The van der Waals surface area contributed by atoms with Gasteiger partial charge in [-0.15, -0.1) is 0 Å². The molecule has 0 radical (unpaired) electrons. The third kappa shape index (κ3) is 3.10. The second kappa shape index (κ2) is 6.23. The minimum atomic E-state index is -0.762. The van der Waals surface area contributed by atoms with Crippen LogP contribution < -0.4 is 0 Å². The molecule has 7 heteroatoms. The highest BCUT2D eigenvalue weighted by Crippen LogP contribution is 2.25. The first-order valence-electron chi connectivity index (χ1n) is 6.00. The zero-order valence-electron chi connectivity index (χ0n) is 10.8. The Balaban J connectivity index is 2.12. The quantitative estimate of drug-likeness (QED) is 0.815. The smallest absolute Gasteiger partial charge is 0.336 e. The summed E-state index contributed by atoms with van der Waals surface area (Å²) < 4.78 is 10.4. The normalized spacial score (nSPS) is 18.7. The molecule has 20 heavy (non-hydrogen) atoms. The van der Waals surface area contributed by atoms with Crippen LogP contribution in [0, 0.1) is 0 Å². The van der Waals surface area contributed by atoms with Crippen molar-refractivity contribution in [1.29, 1.82) is 0 Å². The fourth-order valence-electron chi connectivity index (χ4n) is 1.94. The molecule has 1 aromatic rings. The van der Waals surface area contributed by atoms with E-state index < -0.39 is 12.1 Å². The van der Waals surface area contributed by atoms with Crippen LogP contribution in [0.3, 0.4) is 0 Å². The van der Waals surface area contributed by atoms with Crippen molar-refractivity contribution in [2.24, 2.45) is 0 Å². The number of rotatable bonds is 2. The molecule has 1 unspecified atom stereocenters. The van der Waals surface area contributed by atoms with Crippen molar-refractivity contribution >= 4 is 27.8 Å². The van der Waals surface area contributed by atoms with Gasteiger partial charge in [0, 0.05) is 12.1 Å². The number of methoxy groups -OCH3 is 1. The summed E-state index contributed by atoms with van der Waals surface area (Å²) >= 11 is 3.16. The van der Waals surface area contributed by atoms with Crippen LogP contribution >= 0.6 is 15.9 Å². The number of phenols is 1. The lowest BCUT2D eigenvalue weighted by Gasteiger charge is -2.31. The van der Waals surface area contributed by atoms with Crippen molar-refractivity contribution in [2.75, 3.05) is 26.8 Å². The molecule has 1 heterocycles. The highest BCUT2D eigenvalue weighted by atomic mass is 79.9. The summed E-state index contributed by atoms with van der Waals surface area (Å²) in [5.74, 6) is -0.764. The Morgan fingerprint density at radius 2 is 2.25 bits per heavy atom. The predicted octanol–water partition coefficient (Wildman–Crippen LogP) is 1.17. The summed E-state index contributed by atoms with van der Waals surface area (Å²) in [5, 5.41) is 9.61. The number of amides is 1. The van der Waals surface area contributed by atoms with Gasteiger partial charge in [0.2, 0.25) is 0 Å². The van der Waals surface area contributed by atoms with Crippen LogP contribution in [-0.2, 0) is 14.3 Å². The lowest BCUT2D eigenvalue weighted by molar-refractivity contribution is -0.158.